The topological polar surface area (TPSA) is 73.4 Å². The predicted octanol–water partition coefficient (Wildman–Crippen LogP) is 1.97. The Balaban J connectivity index is 1.76. The molecule has 126 valence electrons. The molecule has 6 heteroatoms. The number of methoxy groups -OCH3 is 1. The third-order valence-electron chi connectivity index (χ3n) is 5.09. The predicted molar refractivity (Wildman–Crippen MR) is 88.7 cm³/mol. The van der Waals surface area contributed by atoms with Crippen molar-refractivity contribution in [3.05, 3.63) is 23.4 Å². The molecule has 3 rings (SSSR count). The molecule has 1 aromatic rings. The van der Waals surface area contributed by atoms with Crippen molar-refractivity contribution in [3.63, 3.8) is 0 Å². The summed E-state index contributed by atoms with van der Waals surface area (Å²) in [5, 5.41) is 4.24. The van der Waals surface area contributed by atoms with Gasteiger partial charge in [-0.15, -0.1) is 0 Å². The minimum Gasteiger partial charge on any atom is -0.382 e. The number of nitrogen functional groups attached to an aromatic ring is 1. The molecule has 0 spiro atoms. The van der Waals surface area contributed by atoms with Crippen LogP contribution in [0.5, 0.6) is 0 Å². The van der Waals surface area contributed by atoms with Crippen molar-refractivity contribution >= 4 is 11.7 Å². The van der Waals surface area contributed by atoms with Gasteiger partial charge >= 0.3 is 0 Å². The number of carbonyl (C=O) groups excluding carboxylic acids is 1. The van der Waals surface area contributed by atoms with Gasteiger partial charge in [-0.2, -0.15) is 5.10 Å². The number of hydrogen-bond acceptors (Lipinski definition) is 4. The number of hydrogen-bond donors (Lipinski definition) is 1. The van der Waals surface area contributed by atoms with Crippen molar-refractivity contribution < 1.29 is 9.53 Å². The summed E-state index contributed by atoms with van der Waals surface area (Å²) in [6, 6.07) is 1.88. The number of nitrogens with two attached hydrogens (primary N) is 1. The van der Waals surface area contributed by atoms with Gasteiger partial charge in [-0.1, -0.05) is 5.57 Å². The molecule has 1 saturated heterocycles. The van der Waals surface area contributed by atoms with Gasteiger partial charge in [0.15, 0.2) is 0 Å². The lowest BCUT2D eigenvalue weighted by Crippen LogP contribution is -2.39. The highest BCUT2D eigenvalue weighted by Crippen LogP contribution is 2.30. The van der Waals surface area contributed by atoms with Gasteiger partial charge in [0.1, 0.15) is 5.82 Å². The number of nitrogens with zero attached hydrogens (tertiary/aromatic N) is 3. The lowest BCUT2D eigenvalue weighted by Gasteiger charge is -2.25. The number of carbonyl (C=O) groups is 1. The van der Waals surface area contributed by atoms with Crippen LogP contribution in [0.15, 0.2) is 23.4 Å². The first-order valence-electron chi connectivity index (χ1n) is 8.39. The minimum absolute atomic E-state index is 0.0956. The maximum Gasteiger partial charge on any atom is 0.249 e. The van der Waals surface area contributed by atoms with E-state index in [0.717, 1.165) is 24.8 Å². The number of aromatic nitrogens is 2. The Bertz CT molecular complexity index is 599. The van der Waals surface area contributed by atoms with Crippen LogP contribution in [0, 0.1) is 0 Å². The molecular weight excluding hydrogens is 292 g/mol. The van der Waals surface area contributed by atoms with E-state index in [9.17, 15) is 4.79 Å². The molecule has 0 bridgehead atoms. The Morgan fingerprint density at radius 1 is 1.43 bits per heavy atom. The second-order valence-corrected chi connectivity index (χ2v) is 6.60. The minimum atomic E-state index is 0.0956. The van der Waals surface area contributed by atoms with Gasteiger partial charge in [-0.25, -0.2) is 0 Å². The normalized spacial score (nSPS) is 24.4. The van der Waals surface area contributed by atoms with Crippen molar-refractivity contribution in [1.82, 2.24) is 14.7 Å². The average Bonchev–Trinajstić information content (AvgIpc) is 3.27. The first kappa shape index (κ1) is 16.1. The van der Waals surface area contributed by atoms with E-state index in [1.165, 1.54) is 18.4 Å². The highest BCUT2D eigenvalue weighted by molar-refractivity contribution is 5.94. The second-order valence-electron chi connectivity index (χ2n) is 6.60. The summed E-state index contributed by atoms with van der Waals surface area (Å²) >= 11 is 0. The molecule has 1 amide bonds. The highest BCUT2D eigenvalue weighted by atomic mass is 16.5. The zero-order chi connectivity index (χ0) is 16.4. The van der Waals surface area contributed by atoms with Gasteiger partial charge in [0.05, 0.1) is 18.7 Å². The van der Waals surface area contributed by atoms with E-state index in [1.54, 1.807) is 13.2 Å². The molecule has 1 saturated carbocycles. The SMILES string of the molecule is CO[C@H]1C[C@@H](Cn2ccc(N)n2)N(C(=O)C(C)=C2CCCC2)C1. The quantitative estimate of drug-likeness (QED) is 0.862. The van der Waals surface area contributed by atoms with Gasteiger partial charge in [0.25, 0.3) is 0 Å². The van der Waals surface area contributed by atoms with Crippen LogP contribution in [0.4, 0.5) is 5.82 Å². The number of allylic oxidation sites excluding steroid dienone is 1. The van der Waals surface area contributed by atoms with Gasteiger partial charge in [-0.05, 0) is 45.1 Å². The lowest BCUT2D eigenvalue weighted by atomic mass is 10.1. The van der Waals surface area contributed by atoms with Crippen LogP contribution < -0.4 is 5.73 Å². The first-order chi connectivity index (χ1) is 11.1. The van der Waals surface area contributed by atoms with Crippen molar-refractivity contribution in [2.75, 3.05) is 19.4 Å². The maximum absolute atomic E-state index is 13.0. The molecule has 0 unspecified atom stereocenters. The van der Waals surface area contributed by atoms with Gasteiger partial charge in [0, 0.05) is 25.4 Å². The van der Waals surface area contributed by atoms with E-state index in [-0.39, 0.29) is 18.1 Å². The first-order valence-corrected chi connectivity index (χ1v) is 8.39. The van der Waals surface area contributed by atoms with Gasteiger partial charge < -0.3 is 15.4 Å². The number of rotatable bonds is 4. The Labute approximate surface area is 137 Å². The molecule has 0 radical (unpaired) electrons. The molecule has 1 aliphatic heterocycles. The van der Waals surface area contributed by atoms with Gasteiger partial charge in [-0.3, -0.25) is 9.48 Å². The monoisotopic (exact) mass is 318 g/mol. The summed E-state index contributed by atoms with van der Waals surface area (Å²) in [4.78, 5) is 14.9. The summed E-state index contributed by atoms with van der Waals surface area (Å²) in [6.45, 7) is 3.29. The van der Waals surface area contributed by atoms with Crippen molar-refractivity contribution in [3.8, 4) is 0 Å². The Hall–Kier alpha value is -1.82. The third kappa shape index (κ3) is 3.42. The highest BCUT2D eigenvalue weighted by Gasteiger charge is 2.36. The fourth-order valence-corrected chi connectivity index (χ4v) is 3.70. The van der Waals surface area contributed by atoms with Crippen molar-refractivity contribution in [1.29, 1.82) is 0 Å². The van der Waals surface area contributed by atoms with Crippen LogP contribution in [-0.2, 0) is 16.1 Å². The van der Waals surface area contributed by atoms with Crippen LogP contribution in [0.1, 0.15) is 39.0 Å². The van der Waals surface area contributed by atoms with Crippen LogP contribution in [0.25, 0.3) is 0 Å². The van der Waals surface area contributed by atoms with Crippen LogP contribution in [0.2, 0.25) is 0 Å². The lowest BCUT2D eigenvalue weighted by molar-refractivity contribution is -0.128. The second kappa shape index (κ2) is 6.74. The zero-order valence-electron chi connectivity index (χ0n) is 14.0. The summed E-state index contributed by atoms with van der Waals surface area (Å²) in [6.07, 6.45) is 7.34. The van der Waals surface area contributed by atoms with Crippen LogP contribution in [0.3, 0.4) is 0 Å². The largest absolute Gasteiger partial charge is 0.382 e. The Kier molecular flexibility index (Phi) is 4.71. The van der Waals surface area contributed by atoms with Crippen LogP contribution >= 0.6 is 0 Å². The standard InChI is InChI=1S/C17H26N4O2/c1-12(13-5-3-4-6-13)17(22)21-11-15(23-2)9-14(21)10-20-8-7-16(18)19-20/h7-8,14-15H,3-6,9-11H2,1-2H3,(H2,18,19)/t14-,15-/m0/s1. The smallest absolute Gasteiger partial charge is 0.249 e. The molecule has 1 aromatic heterocycles. The summed E-state index contributed by atoms with van der Waals surface area (Å²) in [5.41, 5.74) is 7.95. The number of ether oxygens (including phenoxy) is 1. The van der Waals surface area contributed by atoms with E-state index >= 15 is 0 Å². The fraction of sp³-hybridized carbons (Fsp3) is 0.647. The summed E-state index contributed by atoms with van der Waals surface area (Å²) in [5.74, 6) is 0.667. The number of anilines is 1. The molecule has 2 heterocycles. The molecule has 2 aliphatic rings. The molecule has 2 fully saturated rings. The Morgan fingerprint density at radius 2 is 2.17 bits per heavy atom. The number of likely N-dealkylation sites (tertiary alicyclic amines) is 1. The average molecular weight is 318 g/mol. The third-order valence-corrected chi connectivity index (χ3v) is 5.09. The van der Waals surface area contributed by atoms with Crippen LogP contribution in [-0.4, -0.2) is 46.4 Å². The molecular formula is C17H26N4O2. The molecule has 2 atom stereocenters. The Morgan fingerprint density at radius 3 is 2.78 bits per heavy atom. The number of amides is 1. The van der Waals surface area contributed by atoms with E-state index in [0.29, 0.717) is 18.9 Å². The van der Waals surface area contributed by atoms with Gasteiger partial charge in [0.2, 0.25) is 5.91 Å². The molecule has 2 N–H and O–H groups in total. The molecule has 6 nitrogen and oxygen atoms in total. The summed E-state index contributed by atoms with van der Waals surface area (Å²) in [7, 11) is 1.71. The molecule has 1 aliphatic carbocycles. The molecule has 23 heavy (non-hydrogen) atoms. The summed E-state index contributed by atoms with van der Waals surface area (Å²) < 4.78 is 7.32. The maximum atomic E-state index is 13.0. The van der Waals surface area contributed by atoms with Crippen molar-refractivity contribution in [2.24, 2.45) is 0 Å². The zero-order valence-corrected chi connectivity index (χ0v) is 14.0. The van der Waals surface area contributed by atoms with E-state index in [4.69, 9.17) is 10.5 Å². The van der Waals surface area contributed by atoms with Crippen molar-refractivity contribution in [2.45, 2.75) is 57.7 Å². The van der Waals surface area contributed by atoms with E-state index < -0.39 is 0 Å². The van der Waals surface area contributed by atoms with E-state index in [1.807, 2.05) is 22.7 Å². The molecule has 0 aromatic carbocycles. The fourth-order valence-electron chi connectivity index (χ4n) is 3.70. The van der Waals surface area contributed by atoms with E-state index in [2.05, 4.69) is 5.10 Å².